The van der Waals surface area contributed by atoms with Crippen LogP contribution in [0.25, 0.3) is 6.08 Å². The number of aryl methyl sites for hydroxylation is 1. The molecule has 0 amide bonds. The highest BCUT2D eigenvalue weighted by Crippen LogP contribution is 2.38. The molecule has 2 aromatic heterocycles. The van der Waals surface area contributed by atoms with Crippen molar-refractivity contribution in [3.63, 3.8) is 0 Å². The number of hydrogen-bond donors (Lipinski definition) is 0. The molecule has 4 rings (SSSR count). The predicted molar refractivity (Wildman–Crippen MR) is 120 cm³/mol. The van der Waals surface area contributed by atoms with Crippen molar-refractivity contribution in [3.05, 3.63) is 81.1 Å². The first-order chi connectivity index (χ1) is 16.2. The minimum Gasteiger partial charge on any atom is -0.467 e. The van der Waals surface area contributed by atoms with E-state index in [4.69, 9.17) is 18.6 Å². The fourth-order valence-corrected chi connectivity index (χ4v) is 3.73. The summed E-state index contributed by atoms with van der Waals surface area (Å²) in [4.78, 5) is 36.1. The lowest BCUT2D eigenvalue weighted by Gasteiger charge is -2.12. The van der Waals surface area contributed by atoms with Crippen LogP contribution >= 0.6 is 0 Å². The molecule has 10 nitrogen and oxygen atoms in total. The SMILES string of the molecule is Cc1cc(C(=O)C(C)OC(=O)/C=C/c2cc3c(cc2[N+](=O)[O-])OCO3)c(C)n1Cc1ccco1. The molecule has 0 bridgehead atoms. The number of benzene rings is 1. The van der Waals surface area contributed by atoms with E-state index < -0.39 is 17.0 Å². The summed E-state index contributed by atoms with van der Waals surface area (Å²) in [5.74, 6) is 0.192. The van der Waals surface area contributed by atoms with Crippen LogP contribution in [-0.2, 0) is 16.1 Å². The van der Waals surface area contributed by atoms with Gasteiger partial charge in [0.1, 0.15) is 5.76 Å². The number of ketones is 1. The van der Waals surface area contributed by atoms with Crippen LogP contribution in [0.2, 0.25) is 0 Å². The molecule has 0 N–H and O–H groups in total. The molecule has 1 aliphatic rings. The van der Waals surface area contributed by atoms with Crippen molar-refractivity contribution < 1.29 is 33.1 Å². The number of aromatic nitrogens is 1. The Labute approximate surface area is 194 Å². The second-order valence-corrected chi connectivity index (χ2v) is 7.75. The van der Waals surface area contributed by atoms with E-state index in [1.54, 1.807) is 18.4 Å². The highest BCUT2D eigenvalue weighted by atomic mass is 16.7. The number of Topliss-reactive ketones (excluding diaryl/α,β-unsaturated/α-hetero) is 1. The van der Waals surface area contributed by atoms with Crippen molar-refractivity contribution in [2.24, 2.45) is 0 Å². The average molecular weight is 466 g/mol. The maximum atomic E-state index is 13.0. The number of nitro benzene ring substituents is 1. The first-order valence-corrected chi connectivity index (χ1v) is 10.4. The van der Waals surface area contributed by atoms with Crippen LogP contribution in [0.1, 0.15) is 40.0 Å². The summed E-state index contributed by atoms with van der Waals surface area (Å²) in [6, 6.07) is 8.03. The van der Waals surface area contributed by atoms with Gasteiger partial charge in [-0.05, 0) is 51.1 Å². The van der Waals surface area contributed by atoms with E-state index >= 15 is 0 Å². The van der Waals surface area contributed by atoms with Crippen LogP contribution in [-0.4, -0.2) is 34.1 Å². The largest absolute Gasteiger partial charge is 0.467 e. The number of ether oxygens (including phenoxy) is 3. The monoisotopic (exact) mass is 466 g/mol. The van der Waals surface area contributed by atoms with Crippen molar-refractivity contribution in [2.45, 2.75) is 33.4 Å². The molecule has 0 spiro atoms. The second kappa shape index (κ2) is 9.26. The molecule has 0 saturated heterocycles. The van der Waals surface area contributed by atoms with Crippen LogP contribution in [0.4, 0.5) is 5.69 Å². The van der Waals surface area contributed by atoms with Gasteiger partial charge in [-0.2, -0.15) is 0 Å². The molecule has 0 fully saturated rings. The van der Waals surface area contributed by atoms with Crippen molar-refractivity contribution in [2.75, 3.05) is 6.79 Å². The van der Waals surface area contributed by atoms with E-state index in [-0.39, 0.29) is 29.6 Å². The van der Waals surface area contributed by atoms with Gasteiger partial charge in [0.15, 0.2) is 17.6 Å². The van der Waals surface area contributed by atoms with E-state index in [1.165, 1.54) is 25.1 Å². The fraction of sp³-hybridized carbons (Fsp3) is 0.250. The smallest absolute Gasteiger partial charge is 0.331 e. The maximum absolute atomic E-state index is 13.0. The maximum Gasteiger partial charge on any atom is 0.331 e. The van der Waals surface area contributed by atoms with E-state index in [9.17, 15) is 19.7 Å². The summed E-state index contributed by atoms with van der Waals surface area (Å²) in [6.45, 7) is 5.61. The molecule has 176 valence electrons. The number of fused-ring (bicyclic) bond motifs is 1. The summed E-state index contributed by atoms with van der Waals surface area (Å²) in [7, 11) is 0. The van der Waals surface area contributed by atoms with Gasteiger partial charge in [-0.15, -0.1) is 0 Å². The first kappa shape index (κ1) is 22.8. The molecule has 1 atom stereocenters. The number of carbonyl (C=O) groups is 2. The van der Waals surface area contributed by atoms with Crippen LogP contribution in [0, 0.1) is 24.0 Å². The number of esters is 1. The van der Waals surface area contributed by atoms with Crippen LogP contribution in [0.5, 0.6) is 11.5 Å². The van der Waals surface area contributed by atoms with Crippen molar-refractivity contribution in [1.82, 2.24) is 4.57 Å². The van der Waals surface area contributed by atoms with Crippen molar-refractivity contribution >= 4 is 23.5 Å². The third-order valence-electron chi connectivity index (χ3n) is 5.51. The summed E-state index contributed by atoms with van der Waals surface area (Å²) >= 11 is 0. The second-order valence-electron chi connectivity index (χ2n) is 7.75. The van der Waals surface area contributed by atoms with Gasteiger partial charge in [0.25, 0.3) is 5.69 Å². The standard InChI is InChI=1S/C24H22N2O8/c1-14-9-19(15(2)25(14)12-18-5-4-8-31-18)24(28)16(3)34-23(27)7-6-17-10-21-22(33-13-32-21)11-20(17)26(29)30/h4-11,16H,12-13H2,1-3H3/b7-6+. The third-order valence-corrected chi connectivity index (χ3v) is 5.51. The zero-order valence-electron chi connectivity index (χ0n) is 18.8. The van der Waals surface area contributed by atoms with Gasteiger partial charge in [-0.3, -0.25) is 14.9 Å². The minimum atomic E-state index is -1.05. The summed E-state index contributed by atoms with van der Waals surface area (Å²) < 4.78 is 23.0. The van der Waals surface area contributed by atoms with Crippen molar-refractivity contribution in [3.8, 4) is 11.5 Å². The molecule has 0 saturated carbocycles. The lowest BCUT2D eigenvalue weighted by Crippen LogP contribution is -2.24. The first-order valence-electron chi connectivity index (χ1n) is 10.4. The Balaban J connectivity index is 1.46. The van der Waals surface area contributed by atoms with Gasteiger partial charge >= 0.3 is 5.97 Å². The normalized spacial score (nSPS) is 13.3. The van der Waals surface area contributed by atoms with Gasteiger partial charge in [0.05, 0.1) is 29.4 Å². The molecule has 34 heavy (non-hydrogen) atoms. The highest BCUT2D eigenvalue weighted by molar-refractivity contribution is 6.02. The average Bonchev–Trinajstić information content (AvgIpc) is 3.54. The number of rotatable bonds is 8. The van der Waals surface area contributed by atoms with Crippen LogP contribution in [0.3, 0.4) is 0 Å². The number of nitrogens with zero attached hydrogens (tertiary/aromatic N) is 2. The Kier molecular flexibility index (Phi) is 6.22. The summed E-state index contributed by atoms with van der Waals surface area (Å²) in [5.41, 5.74) is 1.94. The molecule has 0 radical (unpaired) electrons. The number of carbonyl (C=O) groups excluding carboxylic acids is 2. The Morgan fingerprint density at radius 1 is 1.24 bits per heavy atom. The minimum absolute atomic E-state index is 0.0382. The molecule has 0 aliphatic carbocycles. The molecule has 1 aromatic carbocycles. The van der Waals surface area contributed by atoms with E-state index in [0.29, 0.717) is 17.9 Å². The van der Waals surface area contributed by atoms with Gasteiger partial charge in [-0.25, -0.2) is 4.79 Å². The molecule has 10 heteroatoms. The number of nitro groups is 1. The topological polar surface area (TPSA) is 123 Å². The van der Waals surface area contributed by atoms with Crippen LogP contribution in [0.15, 0.2) is 47.1 Å². The number of hydrogen-bond acceptors (Lipinski definition) is 8. The van der Waals surface area contributed by atoms with Crippen LogP contribution < -0.4 is 9.47 Å². The van der Waals surface area contributed by atoms with E-state index in [0.717, 1.165) is 23.2 Å². The third kappa shape index (κ3) is 4.56. The lowest BCUT2D eigenvalue weighted by molar-refractivity contribution is -0.385. The quantitative estimate of drug-likeness (QED) is 0.159. The Morgan fingerprint density at radius 3 is 2.65 bits per heavy atom. The van der Waals surface area contributed by atoms with Gasteiger partial charge in [-0.1, -0.05) is 0 Å². The fourth-order valence-electron chi connectivity index (χ4n) is 3.73. The molecule has 3 heterocycles. The van der Waals surface area contributed by atoms with E-state index in [2.05, 4.69) is 0 Å². The zero-order valence-corrected chi connectivity index (χ0v) is 18.8. The van der Waals surface area contributed by atoms with Gasteiger partial charge < -0.3 is 23.2 Å². The Hall–Kier alpha value is -4.34. The molecule has 3 aromatic rings. The molecular formula is C24H22N2O8. The predicted octanol–water partition coefficient (Wildman–Crippen LogP) is 4.21. The Bertz CT molecular complexity index is 1290. The lowest BCUT2D eigenvalue weighted by atomic mass is 10.1. The van der Waals surface area contributed by atoms with Crippen molar-refractivity contribution in [1.29, 1.82) is 0 Å². The molecule has 1 aliphatic heterocycles. The summed E-state index contributed by atoms with van der Waals surface area (Å²) in [6.07, 6.45) is 2.81. The molecule has 1 unspecified atom stereocenters. The van der Waals surface area contributed by atoms with Gasteiger partial charge in [0, 0.05) is 23.0 Å². The van der Waals surface area contributed by atoms with E-state index in [1.807, 2.05) is 24.5 Å². The summed E-state index contributed by atoms with van der Waals surface area (Å²) in [5, 5.41) is 11.4. The molecular weight excluding hydrogens is 444 g/mol. The van der Waals surface area contributed by atoms with Gasteiger partial charge in [0.2, 0.25) is 12.6 Å². The Morgan fingerprint density at radius 2 is 1.97 bits per heavy atom. The zero-order chi connectivity index (χ0) is 24.4. The highest BCUT2D eigenvalue weighted by Gasteiger charge is 2.25. The number of furan rings is 1.